The van der Waals surface area contributed by atoms with Gasteiger partial charge in [-0.15, -0.1) is 0 Å². The van der Waals surface area contributed by atoms with Crippen molar-refractivity contribution in [1.29, 1.82) is 0 Å². The lowest BCUT2D eigenvalue weighted by atomic mass is 10.1. The molecule has 4 nitrogen and oxygen atoms in total. The Morgan fingerprint density at radius 1 is 1.33 bits per heavy atom. The van der Waals surface area contributed by atoms with E-state index in [1.54, 1.807) is 0 Å². The van der Waals surface area contributed by atoms with Crippen LogP contribution in [0, 0.1) is 11.8 Å². The lowest BCUT2D eigenvalue weighted by Crippen LogP contribution is -2.29. The molecule has 1 unspecified atom stereocenters. The van der Waals surface area contributed by atoms with Crippen LogP contribution < -0.4 is 5.32 Å². The number of hydrogen-bond donors (Lipinski definition) is 2. The zero-order valence-corrected chi connectivity index (χ0v) is 11.5. The van der Waals surface area contributed by atoms with Crippen LogP contribution in [0.25, 0.3) is 0 Å². The number of nitrogens with one attached hydrogen (secondary N) is 1. The second kappa shape index (κ2) is 5.10. The molecule has 1 aliphatic rings. The average Bonchev–Trinajstić information content (AvgIpc) is 3.09. The third kappa shape index (κ3) is 2.90. The molecular formula is C13H14BrNO3. The molecule has 1 fully saturated rings. The summed E-state index contributed by atoms with van der Waals surface area (Å²) in [5, 5.41) is 11.6. The summed E-state index contributed by atoms with van der Waals surface area (Å²) in [6.45, 7) is 1.89. The Hall–Kier alpha value is -1.36. The molecule has 1 saturated carbocycles. The molecule has 18 heavy (non-hydrogen) atoms. The maximum atomic E-state index is 11.8. The Kier molecular flexibility index (Phi) is 3.71. The van der Waals surface area contributed by atoms with E-state index in [1.807, 2.05) is 31.2 Å². The topological polar surface area (TPSA) is 66.4 Å². The molecule has 0 aromatic heterocycles. The van der Waals surface area contributed by atoms with Crippen molar-refractivity contribution in [1.82, 2.24) is 5.32 Å². The molecule has 3 atom stereocenters. The minimum absolute atomic E-state index is 0.111. The van der Waals surface area contributed by atoms with E-state index in [0.29, 0.717) is 6.42 Å². The Bertz CT molecular complexity index is 472. The molecule has 1 aliphatic carbocycles. The standard InChI is InChI=1S/C13H14BrNO3/c1-7(8-2-4-9(14)5-3-8)15-12(16)10-6-11(10)13(17)18/h2-5,7,10-11H,6H2,1H3,(H,15,16)(H,17,18)/t7?,10-,11+/m1/s1. The van der Waals surface area contributed by atoms with Crippen LogP contribution in [0.4, 0.5) is 0 Å². The number of carbonyl (C=O) groups is 2. The van der Waals surface area contributed by atoms with Crippen molar-refractivity contribution in [3.05, 3.63) is 34.3 Å². The highest BCUT2D eigenvalue weighted by Gasteiger charge is 2.48. The van der Waals surface area contributed by atoms with Crippen LogP contribution in [0.3, 0.4) is 0 Å². The van der Waals surface area contributed by atoms with Gasteiger partial charge in [0.1, 0.15) is 0 Å². The first-order valence-corrected chi connectivity index (χ1v) is 6.57. The largest absolute Gasteiger partial charge is 0.481 e. The van der Waals surface area contributed by atoms with Gasteiger partial charge in [-0.05, 0) is 31.0 Å². The number of carbonyl (C=O) groups excluding carboxylic acids is 1. The highest BCUT2D eigenvalue weighted by atomic mass is 79.9. The molecule has 1 amide bonds. The van der Waals surface area contributed by atoms with E-state index in [2.05, 4.69) is 21.2 Å². The third-order valence-electron chi connectivity index (χ3n) is 3.17. The molecule has 0 aliphatic heterocycles. The molecule has 0 bridgehead atoms. The summed E-state index contributed by atoms with van der Waals surface area (Å²) in [4.78, 5) is 22.5. The summed E-state index contributed by atoms with van der Waals surface area (Å²) in [5.41, 5.74) is 0.999. The Labute approximate surface area is 114 Å². The molecular weight excluding hydrogens is 298 g/mol. The van der Waals surface area contributed by atoms with E-state index in [1.165, 1.54) is 0 Å². The van der Waals surface area contributed by atoms with Gasteiger partial charge in [-0.3, -0.25) is 9.59 Å². The molecule has 5 heteroatoms. The first-order valence-electron chi connectivity index (χ1n) is 5.77. The van der Waals surface area contributed by atoms with Gasteiger partial charge in [-0.1, -0.05) is 28.1 Å². The lowest BCUT2D eigenvalue weighted by Gasteiger charge is -2.14. The number of hydrogen-bond acceptors (Lipinski definition) is 2. The van der Waals surface area contributed by atoms with E-state index in [0.717, 1.165) is 10.0 Å². The maximum Gasteiger partial charge on any atom is 0.307 e. The third-order valence-corrected chi connectivity index (χ3v) is 3.70. The van der Waals surface area contributed by atoms with Gasteiger partial charge >= 0.3 is 5.97 Å². The number of amides is 1. The zero-order chi connectivity index (χ0) is 13.3. The van der Waals surface area contributed by atoms with Crippen LogP contribution in [0.15, 0.2) is 28.7 Å². The van der Waals surface area contributed by atoms with Gasteiger partial charge in [0.15, 0.2) is 0 Å². The molecule has 96 valence electrons. The summed E-state index contributed by atoms with van der Waals surface area (Å²) < 4.78 is 0.984. The molecule has 2 rings (SSSR count). The monoisotopic (exact) mass is 311 g/mol. The quantitative estimate of drug-likeness (QED) is 0.897. The molecule has 0 radical (unpaired) electrons. The smallest absolute Gasteiger partial charge is 0.307 e. The number of benzene rings is 1. The Morgan fingerprint density at radius 2 is 1.94 bits per heavy atom. The Balaban J connectivity index is 1.92. The van der Waals surface area contributed by atoms with Gasteiger partial charge < -0.3 is 10.4 Å². The average molecular weight is 312 g/mol. The van der Waals surface area contributed by atoms with Gasteiger partial charge in [0, 0.05) is 4.47 Å². The Morgan fingerprint density at radius 3 is 2.44 bits per heavy atom. The van der Waals surface area contributed by atoms with Crippen molar-refractivity contribution in [2.45, 2.75) is 19.4 Å². The normalized spacial score (nSPS) is 23.2. The first kappa shape index (κ1) is 13.1. The van der Waals surface area contributed by atoms with E-state index < -0.39 is 11.9 Å². The van der Waals surface area contributed by atoms with Crippen molar-refractivity contribution in [3.63, 3.8) is 0 Å². The summed E-state index contributed by atoms with van der Waals surface area (Å²) in [6, 6.07) is 7.57. The fourth-order valence-corrected chi connectivity index (χ4v) is 2.18. The summed E-state index contributed by atoms with van der Waals surface area (Å²) in [5.74, 6) is -1.91. The second-order valence-corrected chi connectivity index (χ2v) is 5.48. The van der Waals surface area contributed by atoms with Gasteiger partial charge in [-0.25, -0.2) is 0 Å². The molecule has 1 aromatic carbocycles. The summed E-state index contributed by atoms with van der Waals surface area (Å²) >= 11 is 3.35. The van der Waals surface area contributed by atoms with Crippen molar-refractivity contribution >= 4 is 27.8 Å². The SMILES string of the molecule is CC(NC(=O)[C@@H]1C[C@@H]1C(=O)O)c1ccc(Br)cc1. The van der Waals surface area contributed by atoms with Crippen molar-refractivity contribution in [2.24, 2.45) is 11.8 Å². The van der Waals surface area contributed by atoms with E-state index in [-0.39, 0.29) is 17.9 Å². The van der Waals surface area contributed by atoms with Crippen LogP contribution in [0.5, 0.6) is 0 Å². The van der Waals surface area contributed by atoms with Gasteiger partial charge in [-0.2, -0.15) is 0 Å². The fraction of sp³-hybridized carbons (Fsp3) is 0.385. The van der Waals surface area contributed by atoms with Crippen LogP contribution in [-0.2, 0) is 9.59 Å². The molecule has 0 saturated heterocycles. The van der Waals surface area contributed by atoms with Crippen molar-refractivity contribution < 1.29 is 14.7 Å². The van der Waals surface area contributed by atoms with Gasteiger partial charge in [0.25, 0.3) is 0 Å². The first-order chi connectivity index (χ1) is 8.49. The van der Waals surface area contributed by atoms with Crippen LogP contribution in [0.1, 0.15) is 24.9 Å². The number of carboxylic acid groups (broad SMARTS) is 1. The molecule has 2 N–H and O–H groups in total. The maximum absolute atomic E-state index is 11.8. The molecule has 0 heterocycles. The van der Waals surface area contributed by atoms with Crippen LogP contribution >= 0.6 is 15.9 Å². The van der Waals surface area contributed by atoms with E-state index >= 15 is 0 Å². The van der Waals surface area contributed by atoms with Gasteiger partial charge in [0.2, 0.25) is 5.91 Å². The molecule has 1 aromatic rings. The minimum atomic E-state index is -0.883. The lowest BCUT2D eigenvalue weighted by molar-refractivity contribution is -0.140. The highest BCUT2D eigenvalue weighted by molar-refractivity contribution is 9.10. The predicted octanol–water partition coefficient (Wildman–Crippen LogP) is 2.35. The summed E-state index contributed by atoms with van der Waals surface area (Å²) in [6.07, 6.45) is 0.453. The van der Waals surface area contributed by atoms with Gasteiger partial charge in [0.05, 0.1) is 17.9 Å². The van der Waals surface area contributed by atoms with Crippen LogP contribution in [0.2, 0.25) is 0 Å². The number of carboxylic acids is 1. The van der Waals surface area contributed by atoms with Crippen molar-refractivity contribution in [3.8, 4) is 0 Å². The minimum Gasteiger partial charge on any atom is -0.481 e. The number of rotatable bonds is 4. The predicted molar refractivity (Wildman–Crippen MR) is 69.9 cm³/mol. The number of halogens is 1. The fourth-order valence-electron chi connectivity index (χ4n) is 1.91. The summed E-state index contributed by atoms with van der Waals surface area (Å²) in [7, 11) is 0. The molecule has 0 spiro atoms. The number of aliphatic carboxylic acids is 1. The highest BCUT2D eigenvalue weighted by Crippen LogP contribution is 2.39. The van der Waals surface area contributed by atoms with E-state index in [4.69, 9.17) is 5.11 Å². The van der Waals surface area contributed by atoms with Crippen molar-refractivity contribution in [2.75, 3.05) is 0 Å². The zero-order valence-electron chi connectivity index (χ0n) is 9.89. The van der Waals surface area contributed by atoms with E-state index in [9.17, 15) is 9.59 Å². The second-order valence-electron chi connectivity index (χ2n) is 4.57. The van der Waals surface area contributed by atoms with Crippen LogP contribution in [-0.4, -0.2) is 17.0 Å².